The molecular formula is C13H17Cl2NO2. The maximum atomic E-state index is 12.1. The van der Waals surface area contributed by atoms with Crippen LogP contribution in [0, 0.1) is 0 Å². The highest BCUT2D eigenvalue weighted by Crippen LogP contribution is 2.21. The Hall–Kier alpha value is -0.610. The van der Waals surface area contributed by atoms with Crippen LogP contribution in [0.2, 0.25) is 10.0 Å². The van der Waals surface area contributed by atoms with Gasteiger partial charge in [-0.2, -0.15) is 0 Å². The topological polar surface area (TPSA) is 40.5 Å². The van der Waals surface area contributed by atoms with Gasteiger partial charge in [0.15, 0.2) is 5.78 Å². The molecule has 0 unspecified atom stereocenters. The first-order valence-corrected chi connectivity index (χ1v) is 6.65. The van der Waals surface area contributed by atoms with Crippen LogP contribution in [0.5, 0.6) is 0 Å². The van der Waals surface area contributed by atoms with Gasteiger partial charge in [0.05, 0.1) is 18.2 Å². The fraction of sp³-hybridized carbons (Fsp3) is 0.462. The van der Waals surface area contributed by atoms with Crippen molar-refractivity contribution in [3.63, 3.8) is 0 Å². The van der Waals surface area contributed by atoms with Crippen LogP contribution < -0.4 is 0 Å². The summed E-state index contributed by atoms with van der Waals surface area (Å²) in [6.07, 6.45) is 0.927. The molecule has 0 aliphatic rings. The molecule has 0 aliphatic heterocycles. The van der Waals surface area contributed by atoms with Crippen molar-refractivity contribution in [2.45, 2.75) is 13.3 Å². The summed E-state index contributed by atoms with van der Waals surface area (Å²) < 4.78 is 0. The lowest BCUT2D eigenvalue weighted by atomic mass is 10.1. The van der Waals surface area contributed by atoms with Crippen molar-refractivity contribution in [3.05, 3.63) is 33.8 Å². The van der Waals surface area contributed by atoms with Gasteiger partial charge in [-0.1, -0.05) is 30.1 Å². The van der Waals surface area contributed by atoms with Crippen molar-refractivity contribution in [2.24, 2.45) is 0 Å². The molecule has 0 saturated heterocycles. The van der Waals surface area contributed by atoms with Gasteiger partial charge < -0.3 is 5.11 Å². The van der Waals surface area contributed by atoms with Gasteiger partial charge in [0.2, 0.25) is 0 Å². The summed E-state index contributed by atoms with van der Waals surface area (Å²) >= 11 is 11.8. The summed E-state index contributed by atoms with van der Waals surface area (Å²) in [5, 5.41) is 9.85. The zero-order valence-corrected chi connectivity index (χ0v) is 11.8. The van der Waals surface area contributed by atoms with E-state index < -0.39 is 0 Å². The molecule has 0 heterocycles. The van der Waals surface area contributed by atoms with Crippen LogP contribution in [0.15, 0.2) is 18.2 Å². The first kappa shape index (κ1) is 15.4. The molecule has 18 heavy (non-hydrogen) atoms. The number of ketones is 1. The standard InChI is InChI=1S/C13H17Cl2NO2/c1-2-5-16(6-7-17)9-13(18)11-8-10(14)3-4-12(11)15/h3-4,8,17H,2,5-7,9H2,1H3. The summed E-state index contributed by atoms with van der Waals surface area (Å²) in [7, 11) is 0. The zero-order chi connectivity index (χ0) is 13.5. The summed E-state index contributed by atoms with van der Waals surface area (Å²) in [6, 6.07) is 4.85. The second-order valence-electron chi connectivity index (χ2n) is 4.05. The van der Waals surface area contributed by atoms with Crippen molar-refractivity contribution < 1.29 is 9.90 Å². The van der Waals surface area contributed by atoms with Crippen molar-refractivity contribution in [3.8, 4) is 0 Å². The van der Waals surface area contributed by atoms with Gasteiger partial charge >= 0.3 is 0 Å². The molecule has 0 amide bonds. The first-order chi connectivity index (χ1) is 8.58. The average Bonchev–Trinajstić information content (AvgIpc) is 2.33. The third kappa shape index (κ3) is 4.58. The Bertz CT molecular complexity index is 404. The SMILES string of the molecule is CCCN(CCO)CC(=O)c1cc(Cl)ccc1Cl. The molecule has 0 radical (unpaired) electrons. The second kappa shape index (κ2) is 7.74. The Morgan fingerprint density at radius 2 is 2.06 bits per heavy atom. The lowest BCUT2D eigenvalue weighted by Crippen LogP contribution is -2.33. The maximum Gasteiger partial charge on any atom is 0.178 e. The molecule has 1 aromatic rings. The van der Waals surface area contributed by atoms with Gasteiger partial charge in [-0.05, 0) is 31.2 Å². The minimum atomic E-state index is -0.0793. The Labute approximate surface area is 117 Å². The number of aliphatic hydroxyl groups is 1. The van der Waals surface area contributed by atoms with E-state index in [9.17, 15) is 4.79 Å². The molecule has 1 rings (SSSR count). The number of nitrogens with zero attached hydrogens (tertiary/aromatic N) is 1. The molecule has 3 nitrogen and oxygen atoms in total. The number of halogens is 2. The van der Waals surface area contributed by atoms with E-state index in [0.29, 0.717) is 22.2 Å². The largest absolute Gasteiger partial charge is 0.395 e. The van der Waals surface area contributed by atoms with E-state index in [-0.39, 0.29) is 18.9 Å². The highest BCUT2D eigenvalue weighted by Gasteiger charge is 2.14. The van der Waals surface area contributed by atoms with Crippen LogP contribution in [-0.4, -0.2) is 42.0 Å². The number of rotatable bonds is 7. The van der Waals surface area contributed by atoms with Gasteiger partial charge in [0.25, 0.3) is 0 Å². The number of hydrogen-bond acceptors (Lipinski definition) is 3. The van der Waals surface area contributed by atoms with Crippen LogP contribution in [0.25, 0.3) is 0 Å². The van der Waals surface area contributed by atoms with Crippen molar-refractivity contribution in [1.82, 2.24) is 4.90 Å². The van der Waals surface area contributed by atoms with Gasteiger partial charge in [0.1, 0.15) is 0 Å². The van der Waals surface area contributed by atoms with E-state index in [4.69, 9.17) is 28.3 Å². The molecule has 0 atom stereocenters. The summed E-state index contributed by atoms with van der Waals surface area (Å²) in [5.41, 5.74) is 0.434. The Morgan fingerprint density at radius 3 is 2.67 bits per heavy atom. The van der Waals surface area contributed by atoms with Crippen LogP contribution in [0.3, 0.4) is 0 Å². The fourth-order valence-corrected chi connectivity index (χ4v) is 2.12. The van der Waals surface area contributed by atoms with Crippen molar-refractivity contribution >= 4 is 29.0 Å². The minimum absolute atomic E-state index is 0.0383. The highest BCUT2D eigenvalue weighted by atomic mass is 35.5. The van der Waals surface area contributed by atoms with Crippen LogP contribution in [-0.2, 0) is 0 Å². The van der Waals surface area contributed by atoms with Crippen LogP contribution >= 0.6 is 23.2 Å². The fourth-order valence-electron chi connectivity index (χ4n) is 1.73. The molecular weight excluding hydrogens is 273 g/mol. The molecule has 0 aliphatic carbocycles. The number of benzene rings is 1. The highest BCUT2D eigenvalue weighted by molar-refractivity contribution is 6.36. The van der Waals surface area contributed by atoms with E-state index in [1.54, 1.807) is 18.2 Å². The van der Waals surface area contributed by atoms with Gasteiger partial charge in [-0.25, -0.2) is 0 Å². The zero-order valence-electron chi connectivity index (χ0n) is 10.3. The van der Waals surface area contributed by atoms with E-state index in [1.165, 1.54) is 0 Å². The summed E-state index contributed by atoms with van der Waals surface area (Å²) in [5.74, 6) is -0.0793. The quantitative estimate of drug-likeness (QED) is 0.785. The molecule has 1 N–H and O–H groups in total. The third-order valence-corrected chi connectivity index (χ3v) is 3.12. The Balaban J connectivity index is 2.76. The molecule has 100 valence electrons. The minimum Gasteiger partial charge on any atom is -0.395 e. The normalized spacial score (nSPS) is 10.9. The first-order valence-electron chi connectivity index (χ1n) is 5.90. The lowest BCUT2D eigenvalue weighted by molar-refractivity contribution is 0.0915. The van der Waals surface area contributed by atoms with E-state index >= 15 is 0 Å². The number of hydrogen-bond donors (Lipinski definition) is 1. The molecule has 0 aromatic heterocycles. The predicted octanol–water partition coefficient (Wildman–Crippen LogP) is 2.88. The monoisotopic (exact) mass is 289 g/mol. The molecule has 0 fully saturated rings. The van der Waals surface area contributed by atoms with Crippen LogP contribution in [0.1, 0.15) is 23.7 Å². The smallest absolute Gasteiger partial charge is 0.178 e. The number of aliphatic hydroxyl groups excluding tert-OH is 1. The third-order valence-electron chi connectivity index (χ3n) is 2.55. The number of Topliss-reactive ketones (excluding diaryl/α,β-unsaturated/α-hetero) is 1. The van der Waals surface area contributed by atoms with Crippen molar-refractivity contribution in [1.29, 1.82) is 0 Å². The lowest BCUT2D eigenvalue weighted by Gasteiger charge is -2.19. The van der Waals surface area contributed by atoms with Gasteiger partial charge in [-0.3, -0.25) is 9.69 Å². The Kier molecular flexibility index (Phi) is 6.65. The molecule has 1 aromatic carbocycles. The van der Waals surface area contributed by atoms with Crippen LogP contribution in [0.4, 0.5) is 0 Å². The van der Waals surface area contributed by atoms with Gasteiger partial charge in [0, 0.05) is 17.1 Å². The predicted molar refractivity (Wildman–Crippen MR) is 74.6 cm³/mol. The average molecular weight is 290 g/mol. The Morgan fingerprint density at radius 1 is 1.33 bits per heavy atom. The molecule has 0 spiro atoms. The molecule has 5 heteroatoms. The van der Waals surface area contributed by atoms with Gasteiger partial charge in [-0.15, -0.1) is 0 Å². The second-order valence-corrected chi connectivity index (χ2v) is 4.89. The van der Waals surface area contributed by atoms with E-state index in [1.807, 2.05) is 11.8 Å². The maximum absolute atomic E-state index is 12.1. The van der Waals surface area contributed by atoms with E-state index in [0.717, 1.165) is 13.0 Å². The number of carbonyl (C=O) groups excluding carboxylic acids is 1. The summed E-state index contributed by atoms with van der Waals surface area (Å²) in [6.45, 7) is 3.56. The van der Waals surface area contributed by atoms with Crippen molar-refractivity contribution in [2.75, 3.05) is 26.2 Å². The number of carbonyl (C=O) groups is 1. The molecule has 0 bridgehead atoms. The molecule has 0 saturated carbocycles. The summed E-state index contributed by atoms with van der Waals surface area (Å²) in [4.78, 5) is 14.0. The van der Waals surface area contributed by atoms with E-state index in [2.05, 4.69) is 0 Å².